The van der Waals surface area contributed by atoms with E-state index in [1.54, 1.807) is 0 Å². The van der Waals surface area contributed by atoms with Crippen LogP contribution in [0.3, 0.4) is 0 Å². The predicted octanol–water partition coefficient (Wildman–Crippen LogP) is 3.63. The van der Waals surface area contributed by atoms with Crippen LogP contribution in [0.2, 0.25) is 0 Å². The summed E-state index contributed by atoms with van der Waals surface area (Å²) >= 11 is 0. The third kappa shape index (κ3) is 2.91. The highest BCUT2D eigenvalue weighted by molar-refractivity contribution is 5.84. The molecule has 0 spiro atoms. The molecule has 4 nitrogen and oxygen atoms in total. The van der Waals surface area contributed by atoms with E-state index >= 15 is 0 Å². The number of rotatable bonds is 4. The van der Waals surface area contributed by atoms with E-state index in [1.807, 2.05) is 0 Å². The van der Waals surface area contributed by atoms with E-state index in [0.717, 1.165) is 29.0 Å². The summed E-state index contributed by atoms with van der Waals surface area (Å²) < 4.78 is 6.16. The Bertz CT molecular complexity index is 627. The fourth-order valence-corrected chi connectivity index (χ4v) is 3.20. The van der Waals surface area contributed by atoms with Gasteiger partial charge in [0, 0.05) is 0 Å². The molecule has 21 heavy (non-hydrogen) atoms. The minimum Gasteiger partial charge on any atom is -0.491 e. The van der Waals surface area contributed by atoms with E-state index in [-0.39, 0.29) is 6.61 Å². The molecule has 0 saturated heterocycles. The van der Waals surface area contributed by atoms with Gasteiger partial charge in [-0.25, -0.2) is 4.98 Å². The number of aromatic nitrogens is 2. The number of aliphatic hydroxyl groups excluding tert-OH is 1. The van der Waals surface area contributed by atoms with Gasteiger partial charge in [-0.05, 0) is 49.8 Å². The molecule has 1 aromatic heterocycles. The number of fused-ring (bicyclic) bond motifs is 1. The molecule has 0 aliphatic heterocycles. The highest BCUT2D eigenvalue weighted by Gasteiger charge is 2.18. The Morgan fingerprint density at radius 1 is 1.29 bits per heavy atom. The number of benzene rings is 1. The van der Waals surface area contributed by atoms with Gasteiger partial charge in [0.2, 0.25) is 0 Å². The lowest BCUT2D eigenvalue weighted by atomic mass is 9.90. The van der Waals surface area contributed by atoms with Crippen LogP contribution in [0, 0.1) is 19.8 Å². The van der Waals surface area contributed by atoms with E-state index in [1.165, 1.54) is 37.7 Å². The number of nitrogens with one attached hydrogen (secondary N) is 1. The number of H-pyrrole nitrogens is 1. The molecule has 1 heterocycles. The highest BCUT2D eigenvalue weighted by atomic mass is 16.5. The van der Waals surface area contributed by atoms with Crippen LogP contribution in [0.1, 0.15) is 49.1 Å². The second kappa shape index (κ2) is 6.06. The Kier molecular flexibility index (Phi) is 4.15. The van der Waals surface area contributed by atoms with Gasteiger partial charge in [-0.15, -0.1) is 0 Å². The van der Waals surface area contributed by atoms with Crippen molar-refractivity contribution >= 4 is 11.0 Å². The van der Waals surface area contributed by atoms with Crippen molar-refractivity contribution in [2.45, 2.75) is 52.6 Å². The van der Waals surface area contributed by atoms with Crippen LogP contribution in [-0.2, 0) is 6.61 Å². The van der Waals surface area contributed by atoms with Gasteiger partial charge in [-0.3, -0.25) is 0 Å². The Balaban J connectivity index is 1.88. The first-order valence-corrected chi connectivity index (χ1v) is 7.91. The van der Waals surface area contributed by atoms with Crippen LogP contribution >= 0.6 is 0 Å². The Morgan fingerprint density at radius 3 is 2.76 bits per heavy atom. The minimum absolute atomic E-state index is 0.0746. The second-order valence-electron chi connectivity index (χ2n) is 6.20. The Morgan fingerprint density at radius 2 is 2.05 bits per heavy atom. The maximum Gasteiger partial charge on any atom is 0.150 e. The average molecular weight is 288 g/mol. The number of ether oxygens (including phenoxy) is 1. The average Bonchev–Trinajstić information content (AvgIpc) is 2.91. The van der Waals surface area contributed by atoms with E-state index < -0.39 is 0 Å². The number of imidazole rings is 1. The summed E-state index contributed by atoms with van der Waals surface area (Å²) in [6.07, 6.45) is 6.57. The molecule has 3 rings (SSSR count). The molecule has 0 unspecified atom stereocenters. The predicted molar refractivity (Wildman–Crippen MR) is 83.6 cm³/mol. The lowest BCUT2D eigenvalue weighted by Crippen LogP contribution is -2.15. The summed E-state index contributed by atoms with van der Waals surface area (Å²) in [4.78, 5) is 7.62. The highest BCUT2D eigenvalue weighted by Crippen LogP contribution is 2.32. The number of hydrogen-bond donors (Lipinski definition) is 2. The summed E-state index contributed by atoms with van der Waals surface area (Å²) in [6, 6.07) is 2.07. The van der Waals surface area contributed by atoms with Crippen LogP contribution < -0.4 is 4.74 Å². The molecule has 0 bridgehead atoms. The molecule has 114 valence electrons. The van der Waals surface area contributed by atoms with Gasteiger partial charge < -0.3 is 14.8 Å². The molecule has 4 heteroatoms. The fourth-order valence-electron chi connectivity index (χ4n) is 3.20. The quantitative estimate of drug-likeness (QED) is 0.903. The molecule has 0 atom stereocenters. The fraction of sp³-hybridized carbons (Fsp3) is 0.588. The first-order chi connectivity index (χ1) is 10.2. The second-order valence-corrected chi connectivity index (χ2v) is 6.20. The summed E-state index contributed by atoms with van der Waals surface area (Å²) in [5, 5.41) is 9.27. The molecule has 2 N–H and O–H groups in total. The normalized spacial score (nSPS) is 16.5. The molecule has 1 saturated carbocycles. The van der Waals surface area contributed by atoms with Gasteiger partial charge in [-0.2, -0.15) is 0 Å². The number of aliphatic hydroxyl groups is 1. The van der Waals surface area contributed by atoms with Crippen molar-refractivity contribution in [3.05, 3.63) is 23.0 Å². The van der Waals surface area contributed by atoms with Crippen molar-refractivity contribution in [1.29, 1.82) is 0 Å². The number of nitrogens with zero attached hydrogens (tertiary/aromatic N) is 1. The van der Waals surface area contributed by atoms with Gasteiger partial charge in [0.1, 0.15) is 23.7 Å². The lowest BCUT2D eigenvalue weighted by Gasteiger charge is -2.22. The molecule has 0 radical (unpaired) electrons. The zero-order valence-corrected chi connectivity index (χ0v) is 12.9. The van der Waals surface area contributed by atoms with Gasteiger partial charge in [0.25, 0.3) is 0 Å². The van der Waals surface area contributed by atoms with Crippen LogP contribution in [0.4, 0.5) is 0 Å². The van der Waals surface area contributed by atoms with Gasteiger partial charge in [-0.1, -0.05) is 19.3 Å². The number of hydrogen-bond acceptors (Lipinski definition) is 3. The summed E-state index contributed by atoms with van der Waals surface area (Å²) in [7, 11) is 0. The third-order valence-corrected chi connectivity index (χ3v) is 4.63. The third-order valence-electron chi connectivity index (χ3n) is 4.63. The van der Waals surface area contributed by atoms with Gasteiger partial charge >= 0.3 is 0 Å². The zero-order chi connectivity index (χ0) is 14.8. The standard InChI is InChI=1S/C17H24N2O2/c1-11-8-14-16(19-15(9-20)18-14)17(12(11)2)21-10-13-6-4-3-5-7-13/h8,13,20H,3-7,9-10H2,1-2H3,(H,18,19). The molecule has 2 aromatic rings. The van der Waals surface area contributed by atoms with Crippen molar-refractivity contribution < 1.29 is 9.84 Å². The summed E-state index contributed by atoms with van der Waals surface area (Å²) in [5.74, 6) is 2.15. The van der Waals surface area contributed by atoms with E-state index in [2.05, 4.69) is 29.9 Å². The van der Waals surface area contributed by atoms with Crippen molar-refractivity contribution in [1.82, 2.24) is 9.97 Å². The minimum atomic E-state index is -0.0746. The van der Waals surface area contributed by atoms with E-state index in [4.69, 9.17) is 4.74 Å². The molecule has 1 fully saturated rings. The van der Waals surface area contributed by atoms with Gasteiger partial charge in [0.15, 0.2) is 0 Å². The van der Waals surface area contributed by atoms with Crippen molar-refractivity contribution in [3.8, 4) is 5.75 Å². The van der Waals surface area contributed by atoms with Crippen LogP contribution in [0.25, 0.3) is 11.0 Å². The molecular formula is C17H24N2O2. The molecule has 1 aromatic carbocycles. The molecule has 1 aliphatic rings. The van der Waals surface area contributed by atoms with Crippen LogP contribution in [-0.4, -0.2) is 21.7 Å². The molecular weight excluding hydrogens is 264 g/mol. The van der Waals surface area contributed by atoms with Crippen molar-refractivity contribution in [3.63, 3.8) is 0 Å². The van der Waals surface area contributed by atoms with Crippen LogP contribution in [0.5, 0.6) is 5.75 Å². The first-order valence-electron chi connectivity index (χ1n) is 7.91. The Hall–Kier alpha value is -1.55. The maximum atomic E-state index is 9.27. The maximum absolute atomic E-state index is 9.27. The van der Waals surface area contributed by atoms with Gasteiger partial charge in [0.05, 0.1) is 12.1 Å². The molecule has 0 amide bonds. The van der Waals surface area contributed by atoms with Crippen LogP contribution in [0.15, 0.2) is 6.07 Å². The monoisotopic (exact) mass is 288 g/mol. The Labute approximate surface area is 125 Å². The summed E-state index contributed by atoms with van der Waals surface area (Å²) in [5.41, 5.74) is 4.13. The molecule has 1 aliphatic carbocycles. The van der Waals surface area contributed by atoms with Crippen molar-refractivity contribution in [2.24, 2.45) is 5.92 Å². The largest absolute Gasteiger partial charge is 0.491 e. The number of aryl methyl sites for hydroxylation is 1. The smallest absolute Gasteiger partial charge is 0.150 e. The van der Waals surface area contributed by atoms with Crippen molar-refractivity contribution in [2.75, 3.05) is 6.61 Å². The van der Waals surface area contributed by atoms with E-state index in [9.17, 15) is 5.11 Å². The van der Waals surface area contributed by atoms with E-state index in [0.29, 0.717) is 11.7 Å². The zero-order valence-electron chi connectivity index (χ0n) is 12.9. The lowest BCUT2D eigenvalue weighted by molar-refractivity contribution is 0.209. The first kappa shape index (κ1) is 14.4. The summed E-state index contributed by atoms with van der Waals surface area (Å²) in [6.45, 7) is 4.87. The number of aromatic amines is 1. The SMILES string of the molecule is Cc1cc2[nH]c(CO)nc2c(OCC2CCCCC2)c1C. The topological polar surface area (TPSA) is 58.1 Å².